The van der Waals surface area contributed by atoms with E-state index in [-0.39, 0.29) is 23.3 Å². The molecule has 2 fully saturated rings. The fraction of sp³-hybridized carbons (Fsp3) is 0.419. The van der Waals surface area contributed by atoms with Crippen LogP contribution in [0.4, 0.5) is 14.9 Å². The number of carbonyl (C=O) groups is 1. The summed E-state index contributed by atoms with van der Waals surface area (Å²) < 4.78 is 13.4. The number of benzene rings is 2. The molecule has 5 nitrogen and oxygen atoms in total. The van der Waals surface area contributed by atoms with Crippen molar-refractivity contribution in [3.8, 4) is 0 Å². The maximum absolute atomic E-state index is 13.4. The molecule has 0 radical (unpaired) electrons. The molecular weight excluding hydrogens is 463 g/mol. The van der Waals surface area contributed by atoms with E-state index in [0.29, 0.717) is 5.92 Å². The number of rotatable bonds is 7. The highest BCUT2D eigenvalue weighted by atomic mass is 19.1. The Hall–Kier alpha value is -3.41. The van der Waals surface area contributed by atoms with Crippen molar-refractivity contribution in [1.82, 2.24) is 10.2 Å². The summed E-state index contributed by atoms with van der Waals surface area (Å²) in [5.41, 5.74) is 5.16. The number of hydrogen-bond acceptors (Lipinski definition) is 3. The lowest BCUT2D eigenvalue weighted by molar-refractivity contribution is 0.175. The summed E-state index contributed by atoms with van der Waals surface area (Å²) in [6, 6.07) is 16.7. The van der Waals surface area contributed by atoms with E-state index in [2.05, 4.69) is 35.8 Å². The first-order chi connectivity index (χ1) is 18.0. The second-order valence-corrected chi connectivity index (χ2v) is 10.9. The van der Waals surface area contributed by atoms with Crippen LogP contribution in [0.3, 0.4) is 0 Å². The zero-order valence-electron chi connectivity index (χ0n) is 21.6. The zero-order chi connectivity index (χ0) is 25.8. The fourth-order valence-electron chi connectivity index (χ4n) is 6.35. The normalized spacial score (nSPS) is 24.2. The van der Waals surface area contributed by atoms with Crippen molar-refractivity contribution >= 4 is 17.9 Å². The molecule has 37 heavy (non-hydrogen) atoms. The topological polar surface area (TPSA) is 68.2 Å². The third-order valence-corrected chi connectivity index (χ3v) is 8.58. The number of piperidine rings is 1. The lowest BCUT2D eigenvalue weighted by Gasteiger charge is -2.39. The highest BCUT2D eigenvalue weighted by Crippen LogP contribution is 2.56. The summed E-state index contributed by atoms with van der Waals surface area (Å²) >= 11 is 0. The van der Waals surface area contributed by atoms with Crippen LogP contribution >= 0.6 is 0 Å². The van der Waals surface area contributed by atoms with Gasteiger partial charge in [-0.05, 0) is 97.8 Å². The summed E-state index contributed by atoms with van der Waals surface area (Å²) in [7, 11) is 0. The number of nitrogens with one attached hydrogen (secondary N) is 3. The number of halogens is 1. The van der Waals surface area contributed by atoms with E-state index in [4.69, 9.17) is 5.41 Å². The molecule has 1 unspecified atom stereocenters. The second-order valence-electron chi connectivity index (χ2n) is 10.9. The van der Waals surface area contributed by atoms with Crippen LogP contribution in [-0.4, -0.2) is 30.2 Å². The van der Waals surface area contributed by atoms with Crippen molar-refractivity contribution in [3.05, 3.63) is 88.9 Å². The number of fused-ring (bicyclic) bond motifs is 1. The standard InChI is InChI=1S/C31H37FN4O/c1-31-20-23(21-33)29(34-27-14-12-26(32)13-15-27)19-25(31)11-10-24(31)18-28(22-8-4-2-5-9-22)35-30(37)36-16-6-3-7-17-36/h2,4-5,8-9,12-15,19,21,24,28,33-34H,3,6-7,10-11,16-18,20H2,1H3,(H,35,37)/t24-,28?,31-/m1/s1. The molecular formula is C31H37FN4O. The summed E-state index contributed by atoms with van der Waals surface area (Å²) in [6.07, 6.45) is 10.7. The molecule has 2 aromatic rings. The van der Waals surface area contributed by atoms with Gasteiger partial charge in [-0.2, -0.15) is 0 Å². The van der Waals surface area contributed by atoms with Gasteiger partial charge in [0.25, 0.3) is 0 Å². The smallest absolute Gasteiger partial charge is 0.317 e. The number of urea groups is 1. The minimum Gasteiger partial charge on any atom is -0.355 e. The van der Waals surface area contributed by atoms with Gasteiger partial charge in [-0.15, -0.1) is 0 Å². The Morgan fingerprint density at radius 2 is 1.86 bits per heavy atom. The third kappa shape index (κ3) is 5.48. The Bertz CT molecular complexity index is 1180. The van der Waals surface area contributed by atoms with Gasteiger partial charge in [-0.3, -0.25) is 0 Å². The van der Waals surface area contributed by atoms with Gasteiger partial charge >= 0.3 is 6.03 Å². The number of hydrogen-bond donors (Lipinski definition) is 3. The van der Waals surface area contributed by atoms with Gasteiger partial charge < -0.3 is 20.9 Å². The maximum atomic E-state index is 13.4. The molecule has 0 spiro atoms. The van der Waals surface area contributed by atoms with Crippen LogP contribution in [-0.2, 0) is 0 Å². The number of allylic oxidation sites excluding steroid dienone is 3. The van der Waals surface area contributed by atoms with E-state index in [1.807, 2.05) is 23.1 Å². The predicted octanol–water partition coefficient (Wildman–Crippen LogP) is 7.21. The van der Waals surface area contributed by atoms with E-state index in [9.17, 15) is 9.18 Å². The summed E-state index contributed by atoms with van der Waals surface area (Å²) in [5.74, 6) is 0.119. The molecule has 1 saturated heterocycles. The van der Waals surface area contributed by atoms with Crippen LogP contribution in [0.2, 0.25) is 0 Å². The molecule has 3 aliphatic rings. The molecule has 1 saturated carbocycles. The Kier molecular flexibility index (Phi) is 7.45. The average molecular weight is 501 g/mol. The Labute approximate surface area is 219 Å². The lowest BCUT2D eigenvalue weighted by atomic mass is 9.67. The van der Waals surface area contributed by atoms with E-state index in [1.165, 1.54) is 30.3 Å². The molecule has 1 aliphatic heterocycles. The van der Waals surface area contributed by atoms with Crippen molar-refractivity contribution in [2.24, 2.45) is 11.3 Å². The molecule has 3 atom stereocenters. The van der Waals surface area contributed by atoms with E-state index in [1.54, 1.807) is 12.1 Å². The number of nitrogens with zero attached hydrogens (tertiary/aromatic N) is 1. The lowest BCUT2D eigenvalue weighted by Crippen LogP contribution is -2.44. The molecule has 0 bridgehead atoms. The van der Waals surface area contributed by atoms with E-state index < -0.39 is 0 Å². The molecule has 2 aromatic carbocycles. The van der Waals surface area contributed by atoms with Gasteiger partial charge in [0, 0.05) is 30.7 Å². The minimum absolute atomic E-state index is 0.0435. The maximum Gasteiger partial charge on any atom is 0.317 e. The molecule has 5 rings (SSSR count). The van der Waals surface area contributed by atoms with Gasteiger partial charge in [0.1, 0.15) is 5.82 Å². The van der Waals surface area contributed by atoms with E-state index >= 15 is 0 Å². The summed E-state index contributed by atoms with van der Waals surface area (Å²) in [5, 5.41) is 14.9. The van der Waals surface area contributed by atoms with Gasteiger partial charge in [-0.25, -0.2) is 9.18 Å². The predicted molar refractivity (Wildman–Crippen MR) is 147 cm³/mol. The fourth-order valence-corrected chi connectivity index (χ4v) is 6.35. The highest BCUT2D eigenvalue weighted by Gasteiger charge is 2.46. The van der Waals surface area contributed by atoms with Gasteiger partial charge in [0.15, 0.2) is 0 Å². The van der Waals surface area contributed by atoms with Crippen molar-refractivity contribution in [2.75, 3.05) is 18.4 Å². The Morgan fingerprint density at radius 1 is 1.14 bits per heavy atom. The molecule has 3 N–H and O–H groups in total. The highest BCUT2D eigenvalue weighted by molar-refractivity contribution is 5.81. The number of anilines is 1. The van der Waals surface area contributed by atoms with Gasteiger partial charge in [0.2, 0.25) is 0 Å². The quantitative estimate of drug-likeness (QED) is 0.352. The minimum atomic E-state index is -0.264. The van der Waals surface area contributed by atoms with Crippen LogP contribution in [0.1, 0.15) is 63.5 Å². The summed E-state index contributed by atoms with van der Waals surface area (Å²) in [4.78, 5) is 15.2. The first-order valence-electron chi connectivity index (χ1n) is 13.5. The van der Waals surface area contributed by atoms with Crippen LogP contribution < -0.4 is 10.6 Å². The van der Waals surface area contributed by atoms with Gasteiger partial charge in [0.05, 0.1) is 6.04 Å². The Morgan fingerprint density at radius 3 is 2.57 bits per heavy atom. The van der Waals surface area contributed by atoms with Crippen molar-refractivity contribution < 1.29 is 9.18 Å². The van der Waals surface area contributed by atoms with Crippen LogP contribution in [0, 0.1) is 22.6 Å². The average Bonchev–Trinajstić information content (AvgIpc) is 3.24. The monoisotopic (exact) mass is 500 g/mol. The third-order valence-electron chi connectivity index (χ3n) is 8.58. The first kappa shape index (κ1) is 25.2. The molecule has 194 valence electrons. The van der Waals surface area contributed by atoms with Gasteiger partial charge in [-0.1, -0.05) is 42.8 Å². The van der Waals surface area contributed by atoms with Crippen LogP contribution in [0.25, 0.3) is 0 Å². The second kappa shape index (κ2) is 10.9. The largest absolute Gasteiger partial charge is 0.355 e. The Balaban J connectivity index is 1.35. The molecule has 1 heterocycles. The number of carbonyl (C=O) groups excluding carboxylic acids is 1. The molecule has 6 heteroatoms. The first-order valence-corrected chi connectivity index (χ1v) is 13.5. The van der Waals surface area contributed by atoms with Crippen LogP contribution in [0.5, 0.6) is 0 Å². The summed E-state index contributed by atoms with van der Waals surface area (Å²) in [6.45, 7) is 3.99. The number of likely N-dealkylation sites (tertiary alicyclic amines) is 1. The van der Waals surface area contributed by atoms with Crippen LogP contribution in [0.15, 0.2) is 77.5 Å². The molecule has 0 aromatic heterocycles. The molecule has 2 amide bonds. The van der Waals surface area contributed by atoms with Crippen molar-refractivity contribution in [1.29, 1.82) is 5.41 Å². The van der Waals surface area contributed by atoms with Crippen molar-refractivity contribution in [2.45, 2.75) is 57.9 Å². The zero-order valence-corrected chi connectivity index (χ0v) is 21.6. The van der Waals surface area contributed by atoms with E-state index in [0.717, 1.165) is 74.1 Å². The SMILES string of the molecule is C[C@]12CC(C=N)=C(Nc3ccc(F)cc3)C=C1CC[C@@H]2CC(NC(=O)N1CCCCC1)c1ccccc1. The molecule has 2 aliphatic carbocycles. The number of amides is 2. The van der Waals surface area contributed by atoms with Crippen molar-refractivity contribution in [3.63, 3.8) is 0 Å².